The van der Waals surface area contributed by atoms with Crippen LogP contribution in [0.5, 0.6) is 0 Å². The molecule has 0 atom stereocenters. The topological polar surface area (TPSA) is 94.9 Å². The van der Waals surface area contributed by atoms with E-state index in [1.165, 1.54) is 22.8 Å². The third kappa shape index (κ3) is 3.33. The van der Waals surface area contributed by atoms with Crippen LogP contribution in [-0.4, -0.2) is 29.5 Å². The Bertz CT molecular complexity index is 1290. The van der Waals surface area contributed by atoms with E-state index in [2.05, 4.69) is 26.2 Å². The van der Waals surface area contributed by atoms with Gasteiger partial charge in [-0.2, -0.15) is 0 Å². The minimum Gasteiger partial charge on any atom is -0.421 e. The fourth-order valence-electron chi connectivity index (χ4n) is 2.91. The van der Waals surface area contributed by atoms with Crippen molar-refractivity contribution in [3.63, 3.8) is 0 Å². The van der Waals surface area contributed by atoms with Gasteiger partial charge in [-0.3, -0.25) is 9.36 Å². The zero-order valence-electron chi connectivity index (χ0n) is 14.3. The lowest BCUT2D eigenvalue weighted by atomic mass is 10.2. The number of nitrogens with zero attached hydrogens (tertiary/aromatic N) is 5. The Kier molecular flexibility index (Phi) is 4.55. The second-order valence-corrected chi connectivity index (χ2v) is 7.10. The number of halogens is 2. The average Bonchev–Trinajstić information content (AvgIpc) is 3.12. The molecule has 4 aromatic rings. The minimum atomic E-state index is -0.868. The molecule has 0 saturated carbocycles. The van der Waals surface area contributed by atoms with Crippen molar-refractivity contribution in [1.29, 1.82) is 0 Å². The van der Waals surface area contributed by atoms with Crippen LogP contribution in [0.25, 0.3) is 10.9 Å². The molecular weight excluding hydrogens is 433 g/mol. The summed E-state index contributed by atoms with van der Waals surface area (Å²) < 4.78 is 16.5. The van der Waals surface area contributed by atoms with Gasteiger partial charge >= 0.3 is 5.69 Å². The molecule has 10 heteroatoms. The summed E-state index contributed by atoms with van der Waals surface area (Å²) in [7, 11) is 0. The van der Waals surface area contributed by atoms with E-state index in [1.54, 1.807) is 35.1 Å². The van der Waals surface area contributed by atoms with Crippen molar-refractivity contribution in [2.75, 3.05) is 0 Å². The summed E-state index contributed by atoms with van der Waals surface area (Å²) in [5.41, 5.74) is 0.0170. The van der Waals surface area contributed by atoms with E-state index in [1.807, 2.05) is 0 Å². The number of rotatable bonds is 4. The van der Waals surface area contributed by atoms with Crippen LogP contribution in [0.1, 0.15) is 11.3 Å². The first-order chi connectivity index (χ1) is 13.4. The number of aromatic nitrogens is 5. The SMILES string of the molecule is O=c1c2cc(Br)ccc2n(Cc2cn(Cc3ccc(F)cc3)nn2)c(=O)n1O. The Morgan fingerprint density at radius 1 is 1.07 bits per heavy atom. The normalized spacial score (nSPS) is 11.2. The zero-order chi connectivity index (χ0) is 19.8. The molecule has 0 aliphatic carbocycles. The van der Waals surface area contributed by atoms with E-state index in [0.717, 1.165) is 5.56 Å². The van der Waals surface area contributed by atoms with E-state index in [9.17, 15) is 19.2 Å². The third-order valence-electron chi connectivity index (χ3n) is 4.25. The van der Waals surface area contributed by atoms with Gasteiger partial charge in [0.15, 0.2) is 0 Å². The van der Waals surface area contributed by atoms with Gasteiger partial charge in [0.2, 0.25) is 0 Å². The van der Waals surface area contributed by atoms with Crippen molar-refractivity contribution in [2.45, 2.75) is 13.1 Å². The minimum absolute atomic E-state index is 0.0151. The molecular formula is C18H13BrFN5O3. The molecule has 2 heterocycles. The van der Waals surface area contributed by atoms with Crippen LogP contribution in [0.3, 0.4) is 0 Å². The molecule has 0 saturated heterocycles. The van der Waals surface area contributed by atoms with Crippen molar-refractivity contribution >= 4 is 26.8 Å². The molecule has 2 aromatic heterocycles. The average molecular weight is 446 g/mol. The second-order valence-electron chi connectivity index (χ2n) is 6.18. The predicted octanol–water partition coefficient (Wildman–Crippen LogP) is 1.99. The monoisotopic (exact) mass is 445 g/mol. The highest BCUT2D eigenvalue weighted by Gasteiger charge is 2.14. The van der Waals surface area contributed by atoms with Gasteiger partial charge in [-0.1, -0.05) is 38.0 Å². The van der Waals surface area contributed by atoms with Crippen molar-refractivity contribution in [3.05, 3.63) is 91.0 Å². The molecule has 1 N–H and O–H groups in total. The molecule has 142 valence electrons. The molecule has 0 fully saturated rings. The van der Waals surface area contributed by atoms with Gasteiger partial charge in [0.25, 0.3) is 5.56 Å². The van der Waals surface area contributed by atoms with Crippen molar-refractivity contribution < 1.29 is 9.60 Å². The summed E-state index contributed by atoms with van der Waals surface area (Å²) >= 11 is 3.27. The lowest BCUT2D eigenvalue weighted by Crippen LogP contribution is -2.39. The van der Waals surface area contributed by atoms with Gasteiger partial charge in [-0.25, -0.2) is 13.9 Å². The van der Waals surface area contributed by atoms with Crippen molar-refractivity contribution in [1.82, 2.24) is 24.3 Å². The molecule has 8 nitrogen and oxygen atoms in total. The molecule has 0 aliphatic rings. The number of hydrogen-bond acceptors (Lipinski definition) is 5. The highest BCUT2D eigenvalue weighted by atomic mass is 79.9. The van der Waals surface area contributed by atoms with Crippen LogP contribution in [0.2, 0.25) is 0 Å². The quantitative estimate of drug-likeness (QED) is 0.484. The summed E-state index contributed by atoms with van der Waals surface area (Å²) in [4.78, 5) is 24.6. The lowest BCUT2D eigenvalue weighted by molar-refractivity contribution is 0.158. The zero-order valence-corrected chi connectivity index (χ0v) is 15.9. The molecule has 0 radical (unpaired) electrons. The summed E-state index contributed by atoms with van der Waals surface area (Å²) in [6, 6.07) is 10.9. The van der Waals surface area contributed by atoms with Crippen LogP contribution in [0, 0.1) is 5.82 Å². The van der Waals surface area contributed by atoms with Crippen LogP contribution in [0.15, 0.2) is 62.7 Å². The Balaban J connectivity index is 1.69. The van der Waals surface area contributed by atoms with Crippen LogP contribution < -0.4 is 11.2 Å². The predicted molar refractivity (Wildman–Crippen MR) is 102 cm³/mol. The Morgan fingerprint density at radius 3 is 2.57 bits per heavy atom. The molecule has 0 amide bonds. The van der Waals surface area contributed by atoms with Crippen LogP contribution in [0.4, 0.5) is 4.39 Å². The third-order valence-corrected chi connectivity index (χ3v) is 4.74. The van der Waals surface area contributed by atoms with Crippen LogP contribution in [-0.2, 0) is 13.1 Å². The van der Waals surface area contributed by atoms with Gasteiger partial charge in [-0.15, -0.1) is 5.10 Å². The van der Waals surface area contributed by atoms with E-state index in [4.69, 9.17) is 0 Å². The lowest BCUT2D eigenvalue weighted by Gasteiger charge is -2.09. The smallest absolute Gasteiger partial charge is 0.365 e. The highest BCUT2D eigenvalue weighted by molar-refractivity contribution is 9.10. The van der Waals surface area contributed by atoms with E-state index in [0.29, 0.717) is 22.2 Å². The summed E-state index contributed by atoms with van der Waals surface area (Å²) in [6.45, 7) is 0.399. The molecule has 0 bridgehead atoms. The van der Waals surface area contributed by atoms with Crippen molar-refractivity contribution in [2.24, 2.45) is 0 Å². The largest absolute Gasteiger partial charge is 0.421 e. The van der Waals surface area contributed by atoms with E-state index >= 15 is 0 Å². The molecule has 0 aliphatic heterocycles. The number of benzene rings is 2. The molecule has 0 spiro atoms. The molecule has 0 unspecified atom stereocenters. The molecule has 4 rings (SSSR count). The van der Waals surface area contributed by atoms with Gasteiger partial charge in [-0.05, 0) is 35.9 Å². The summed E-state index contributed by atoms with van der Waals surface area (Å²) in [6.07, 6.45) is 1.65. The van der Waals surface area contributed by atoms with Crippen molar-refractivity contribution in [3.8, 4) is 0 Å². The van der Waals surface area contributed by atoms with Gasteiger partial charge < -0.3 is 5.21 Å². The Hall–Kier alpha value is -3.27. The van der Waals surface area contributed by atoms with E-state index < -0.39 is 11.2 Å². The van der Waals surface area contributed by atoms with Gasteiger partial charge in [0.05, 0.1) is 30.2 Å². The molecule has 2 aromatic carbocycles. The first-order valence-electron chi connectivity index (χ1n) is 8.20. The summed E-state index contributed by atoms with van der Waals surface area (Å²) in [5.74, 6) is -0.319. The fourth-order valence-corrected chi connectivity index (χ4v) is 3.27. The summed E-state index contributed by atoms with van der Waals surface area (Å²) in [5, 5.41) is 18.1. The fraction of sp³-hybridized carbons (Fsp3) is 0.111. The second kappa shape index (κ2) is 7.04. The standard InChI is InChI=1S/C18H13BrFN5O3/c19-12-3-6-16-15(7-12)17(26)25(28)18(27)24(16)10-14-9-23(22-21-14)8-11-1-4-13(20)5-2-11/h1-7,9,28H,8,10H2. The Labute approximate surface area is 165 Å². The van der Waals surface area contributed by atoms with Gasteiger partial charge in [0.1, 0.15) is 11.5 Å². The van der Waals surface area contributed by atoms with E-state index in [-0.39, 0.29) is 22.5 Å². The van der Waals surface area contributed by atoms with Crippen LogP contribution >= 0.6 is 15.9 Å². The maximum Gasteiger partial charge on any atom is 0.365 e. The first kappa shape index (κ1) is 18.1. The maximum atomic E-state index is 13.0. The maximum absolute atomic E-state index is 13.0. The van der Waals surface area contributed by atoms with Gasteiger partial charge in [0, 0.05) is 4.47 Å². The Morgan fingerprint density at radius 2 is 1.82 bits per heavy atom. The first-order valence-corrected chi connectivity index (χ1v) is 8.99. The molecule has 28 heavy (non-hydrogen) atoms. The highest BCUT2D eigenvalue weighted by Crippen LogP contribution is 2.16. The number of hydrogen-bond donors (Lipinski definition) is 1. The number of fused-ring (bicyclic) bond motifs is 1.